The fraction of sp³-hybridized carbons (Fsp3) is 0.769. The van der Waals surface area contributed by atoms with Crippen LogP contribution in [0.1, 0.15) is 53.6 Å². The van der Waals surface area contributed by atoms with Gasteiger partial charge in [-0.05, 0) is 19.3 Å². The second-order valence-corrected chi connectivity index (χ2v) is 9.34. The topological polar surface area (TPSA) is 38.9 Å². The zero-order valence-corrected chi connectivity index (χ0v) is 13.3. The van der Waals surface area contributed by atoms with Gasteiger partial charge in [0.15, 0.2) is 0 Å². The minimum absolute atomic E-state index is 0.191. The number of nitrogens with zero attached hydrogens (tertiary/aromatic N) is 1. The first-order valence-corrected chi connectivity index (χ1v) is 9.48. The van der Waals surface area contributed by atoms with E-state index in [0.29, 0.717) is 5.25 Å². The van der Waals surface area contributed by atoms with Gasteiger partial charge < -0.3 is 5.73 Å². The molecule has 0 saturated carbocycles. The van der Waals surface area contributed by atoms with Crippen molar-refractivity contribution in [2.24, 2.45) is 5.73 Å². The smallest absolute Gasteiger partial charge is 0.107 e. The number of hydrogen-bond donors (Lipinski definition) is 1. The van der Waals surface area contributed by atoms with Crippen molar-refractivity contribution in [3.8, 4) is 0 Å². The van der Waals surface area contributed by atoms with Crippen molar-refractivity contribution < 1.29 is 0 Å². The highest BCUT2D eigenvalue weighted by molar-refractivity contribution is 8.07. The Kier molecular flexibility index (Phi) is 3.95. The molecular weight excluding hydrogens is 280 g/mol. The summed E-state index contributed by atoms with van der Waals surface area (Å²) in [5.41, 5.74) is 7.38. The fourth-order valence-electron chi connectivity index (χ4n) is 2.52. The summed E-state index contributed by atoms with van der Waals surface area (Å²) in [6, 6.07) is 0.191. The predicted molar refractivity (Wildman–Crippen MR) is 83.7 cm³/mol. The summed E-state index contributed by atoms with van der Waals surface area (Å²) in [4.78, 5) is 6.33. The molecule has 18 heavy (non-hydrogen) atoms. The lowest BCUT2D eigenvalue weighted by Gasteiger charge is -2.30. The maximum absolute atomic E-state index is 6.17. The van der Waals surface area contributed by atoms with Crippen molar-refractivity contribution in [3.05, 3.63) is 15.6 Å². The normalized spacial score (nSPS) is 36.4. The molecule has 0 amide bonds. The third-order valence-corrected chi connectivity index (χ3v) is 8.63. The van der Waals surface area contributed by atoms with E-state index >= 15 is 0 Å². The van der Waals surface area contributed by atoms with Gasteiger partial charge in [0.1, 0.15) is 5.01 Å². The molecule has 3 rings (SSSR count). The molecule has 2 aliphatic rings. The average Bonchev–Trinajstić information content (AvgIpc) is 2.78. The zero-order valence-electron chi connectivity index (χ0n) is 10.9. The number of aromatic nitrogens is 1. The van der Waals surface area contributed by atoms with Gasteiger partial charge in [-0.25, -0.2) is 4.98 Å². The maximum Gasteiger partial charge on any atom is 0.107 e. The lowest BCUT2D eigenvalue weighted by molar-refractivity contribution is 0.562. The molecule has 1 aromatic heterocycles. The highest BCUT2D eigenvalue weighted by Gasteiger charge is 2.31. The van der Waals surface area contributed by atoms with Crippen molar-refractivity contribution in [2.75, 3.05) is 5.75 Å². The van der Waals surface area contributed by atoms with Gasteiger partial charge in [-0.1, -0.05) is 13.8 Å². The second-order valence-electron chi connectivity index (χ2n) is 5.23. The SMILES string of the molecule is CC1SCC(c2nc3c(s2)CCCC3N)SC1C. The van der Waals surface area contributed by atoms with Gasteiger partial charge in [0.2, 0.25) is 0 Å². The number of hydrogen-bond acceptors (Lipinski definition) is 5. The average molecular weight is 301 g/mol. The number of nitrogens with two attached hydrogens (primary N) is 1. The fourth-order valence-corrected chi connectivity index (χ4v) is 6.89. The number of fused-ring (bicyclic) bond motifs is 1. The van der Waals surface area contributed by atoms with Crippen LogP contribution in [0.4, 0.5) is 0 Å². The monoisotopic (exact) mass is 300 g/mol. The molecule has 1 aliphatic heterocycles. The van der Waals surface area contributed by atoms with Crippen molar-refractivity contribution in [2.45, 2.75) is 54.9 Å². The number of thiazole rings is 1. The molecule has 5 heteroatoms. The van der Waals surface area contributed by atoms with E-state index in [1.165, 1.54) is 34.2 Å². The van der Waals surface area contributed by atoms with E-state index in [2.05, 4.69) is 37.4 Å². The van der Waals surface area contributed by atoms with E-state index in [1.807, 2.05) is 11.3 Å². The van der Waals surface area contributed by atoms with E-state index in [1.54, 1.807) is 0 Å². The van der Waals surface area contributed by atoms with Gasteiger partial charge in [-0.15, -0.1) is 23.1 Å². The van der Waals surface area contributed by atoms with Crippen LogP contribution in [0.25, 0.3) is 0 Å². The molecular formula is C13H20N2S3. The molecule has 2 N–H and O–H groups in total. The lowest BCUT2D eigenvalue weighted by Crippen LogP contribution is -2.22. The van der Waals surface area contributed by atoms with Crippen LogP contribution in [-0.4, -0.2) is 21.2 Å². The molecule has 1 aliphatic carbocycles. The lowest BCUT2D eigenvalue weighted by atomic mass is 9.99. The van der Waals surface area contributed by atoms with Crippen molar-refractivity contribution in [1.29, 1.82) is 0 Å². The molecule has 2 heterocycles. The van der Waals surface area contributed by atoms with Gasteiger partial charge >= 0.3 is 0 Å². The minimum Gasteiger partial charge on any atom is -0.323 e. The van der Waals surface area contributed by atoms with Gasteiger partial charge in [0.25, 0.3) is 0 Å². The van der Waals surface area contributed by atoms with Crippen LogP contribution < -0.4 is 5.73 Å². The van der Waals surface area contributed by atoms with Crippen LogP contribution in [0.2, 0.25) is 0 Å². The van der Waals surface area contributed by atoms with Gasteiger partial charge in [0, 0.05) is 27.2 Å². The molecule has 4 unspecified atom stereocenters. The first-order valence-electron chi connectivity index (χ1n) is 6.67. The first kappa shape index (κ1) is 13.3. The van der Waals surface area contributed by atoms with Crippen LogP contribution in [0.3, 0.4) is 0 Å². The Bertz CT molecular complexity index is 432. The van der Waals surface area contributed by atoms with Crippen LogP contribution in [0.15, 0.2) is 0 Å². The van der Waals surface area contributed by atoms with Crippen LogP contribution in [0, 0.1) is 0 Å². The third-order valence-electron chi connectivity index (χ3n) is 3.84. The molecule has 1 fully saturated rings. The van der Waals surface area contributed by atoms with E-state index in [0.717, 1.165) is 16.9 Å². The van der Waals surface area contributed by atoms with Gasteiger partial charge in [-0.2, -0.15) is 11.8 Å². The largest absolute Gasteiger partial charge is 0.323 e. The Morgan fingerprint density at radius 1 is 1.28 bits per heavy atom. The highest BCUT2D eigenvalue weighted by atomic mass is 32.2. The molecule has 1 aromatic rings. The quantitative estimate of drug-likeness (QED) is 0.857. The number of rotatable bonds is 1. The summed E-state index contributed by atoms with van der Waals surface area (Å²) in [6.45, 7) is 4.68. The third kappa shape index (κ3) is 2.47. The summed E-state index contributed by atoms with van der Waals surface area (Å²) < 4.78 is 0. The molecule has 4 atom stereocenters. The van der Waals surface area contributed by atoms with Crippen molar-refractivity contribution in [3.63, 3.8) is 0 Å². The summed E-state index contributed by atoms with van der Waals surface area (Å²) in [7, 11) is 0. The van der Waals surface area contributed by atoms with Crippen molar-refractivity contribution >= 4 is 34.9 Å². The standard InChI is InChI=1S/C13H20N2S3/c1-7-8(2)17-11(6-16-7)13-15-12-9(14)4-3-5-10(12)18-13/h7-9,11H,3-6,14H2,1-2H3. The molecule has 0 aromatic carbocycles. The molecule has 0 bridgehead atoms. The Labute approximate surface area is 122 Å². The summed E-state index contributed by atoms with van der Waals surface area (Å²) >= 11 is 6.11. The Hall–Kier alpha value is 0.290. The van der Waals surface area contributed by atoms with E-state index < -0.39 is 0 Å². The molecule has 0 spiro atoms. The van der Waals surface area contributed by atoms with Crippen LogP contribution >= 0.6 is 34.9 Å². The Balaban J connectivity index is 1.81. The second kappa shape index (κ2) is 5.35. The van der Waals surface area contributed by atoms with E-state index in [-0.39, 0.29) is 6.04 Å². The zero-order chi connectivity index (χ0) is 12.7. The molecule has 0 radical (unpaired) electrons. The highest BCUT2D eigenvalue weighted by Crippen LogP contribution is 2.46. The van der Waals surface area contributed by atoms with Gasteiger partial charge in [0.05, 0.1) is 10.9 Å². The summed E-state index contributed by atoms with van der Waals surface area (Å²) in [5, 5.41) is 3.41. The van der Waals surface area contributed by atoms with Crippen molar-refractivity contribution in [1.82, 2.24) is 4.98 Å². The maximum atomic E-state index is 6.17. The Morgan fingerprint density at radius 3 is 2.83 bits per heavy atom. The number of aryl methyl sites for hydroxylation is 1. The Morgan fingerprint density at radius 2 is 2.11 bits per heavy atom. The summed E-state index contributed by atoms with van der Waals surface area (Å²) in [6.07, 6.45) is 3.53. The van der Waals surface area contributed by atoms with Crippen LogP contribution in [0.5, 0.6) is 0 Å². The molecule has 2 nitrogen and oxygen atoms in total. The summed E-state index contributed by atoms with van der Waals surface area (Å²) in [5.74, 6) is 1.21. The minimum atomic E-state index is 0.191. The number of thioether (sulfide) groups is 2. The predicted octanol–water partition coefficient (Wildman–Crippen LogP) is 3.78. The van der Waals surface area contributed by atoms with E-state index in [9.17, 15) is 0 Å². The van der Waals surface area contributed by atoms with E-state index in [4.69, 9.17) is 10.7 Å². The van der Waals surface area contributed by atoms with Gasteiger partial charge in [-0.3, -0.25) is 0 Å². The molecule has 1 saturated heterocycles. The molecule has 100 valence electrons. The first-order chi connectivity index (χ1) is 8.65. The van der Waals surface area contributed by atoms with Crippen LogP contribution in [-0.2, 0) is 6.42 Å².